The highest BCUT2D eigenvalue weighted by Gasteiger charge is 2.11. The molecule has 0 aliphatic heterocycles. The number of nitrogens with one attached hydrogen (secondary N) is 1. The average Bonchev–Trinajstić information content (AvgIpc) is 2.62. The van der Waals surface area contributed by atoms with Crippen LogP contribution < -0.4 is 11.1 Å². The fraction of sp³-hybridized carbons (Fsp3) is 0.308. The van der Waals surface area contributed by atoms with Crippen molar-refractivity contribution in [2.45, 2.75) is 20.4 Å². The minimum Gasteiger partial charge on any atom is -0.384 e. The van der Waals surface area contributed by atoms with Crippen molar-refractivity contribution in [3.05, 3.63) is 40.8 Å². The molecule has 0 bridgehead atoms. The van der Waals surface area contributed by atoms with Gasteiger partial charge in [0.15, 0.2) is 0 Å². The van der Waals surface area contributed by atoms with E-state index in [4.69, 9.17) is 5.73 Å². The largest absolute Gasteiger partial charge is 0.384 e. The zero-order valence-electron chi connectivity index (χ0n) is 11.3. The van der Waals surface area contributed by atoms with Crippen LogP contribution in [0.15, 0.2) is 18.3 Å². The lowest BCUT2D eigenvalue weighted by molar-refractivity contribution is 0.0950. The molecule has 2 aromatic heterocycles. The molecule has 0 unspecified atom stereocenters. The minimum absolute atomic E-state index is 0.171. The second-order valence-corrected chi connectivity index (χ2v) is 4.43. The molecule has 0 aromatic carbocycles. The summed E-state index contributed by atoms with van der Waals surface area (Å²) in [7, 11) is 1.89. The average molecular weight is 259 g/mol. The lowest BCUT2D eigenvalue weighted by Crippen LogP contribution is -2.23. The van der Waals surface area contributed by atoms with Crippen LogP contribution in [0.2, 0.25) is 0 Å². The molecule has 0 fully saturated rings. The third-order valence-corrected chi connectivity index (χ3v) is 3.13. The van der Waals surface area contributed by atoms with E-state index in [2.05, 4.69) is 15.4 Å². The Morgan fingerprint density at radius 1 is 1.42 bits per heavy atom. The van der Waals surface area contributed by atoms with E-state index in [9.17, 15) is 4.79 Å². The lowest BCUT2D eigenvalue weighted by Gasteiger charge is -2.06. The number of nitrogens with zero attached hydrogens (tertiary/aromatic N) is 3. The van der Waals surface area contributed by atoms with E-state index in [0.29, 0.717) is 17.9 Å². The molecule has 2 rings (SSSR count). The summed E-state index contributed by atoms with van der Waals surface area (Å²) in [5.41, 5.74) is 8.99. The summed E-state index contributed by atoms with van der Waals surface area (Å²) < 4.78 is 1.81. The molecule has 0 radical (unpaired) electrons. The van der Waals surface area contributed by atoms with Crippen LogP contribution in [0, 0.1) is 13.8 Å². The first kappa shape index (κ1) is 13.1. The number of hydrogen-bond donors (Lipinski definition) is 2. The molecule has 0 saturated heterocycles. The second-order valence-electron chi connectivity index (χ2n) is 4.43. The number of amides is 1. The molecule has 6 heteroatoms. The molecule has 100 valence electrons. The number of hydrogen-bond acceptors (Lipinski definition) is 4. The van der Waals surface area contributed by atoms with Crippen molar-refractivity contribution in [1.29, 1.82) is 0 Å². The van der Waals surface area contributed by atoms with Gasteiger partial charge in [-0.15, -0.1) is 0 Å². The predicted octanol–water partition coefficient (Wildman–Crippen LogP) is 0.944. The van der Waals surface area contributed by atoms with Crippen molar-refractivity contribution in [1.82, 2.24) is 20.1 Å². The Morgan fingerprint density at radius 2 is 2.16 bits per heavy atom. The molecule has 19 heavy (non-hydrogen) atoms. The van der Waals surface area contributed by atoms with Crippen LogP contribution in [-0.2, 0) is 13.6 Å². The van der Waals surface area contributed by atoms with Crippen molar-refractivity contribution in [2.75, 3.05) is 5.73 Å². The Morgan fingerprint density at radius 3 is 2.68 bits per heavy atom. The number of carbonyl (C=O) groups is 1. The van der Waals surface area contributed by atoms with E-state index in [1.54, 1.807) is 12.1 Å². The highest BCUT2D eigenvalue weighted by Crippen LogP contribution is 2.11. The first-order valence-corrected chi connectivity index (χ1v) is 5.98. The van der Waals surface area contributed by atoms with Gasteiger partial charge >= 0.3 is 0 Å². The zero-order valence-corrected chi connectivity index (χ0v) is 11.3. The van der Waals surface area contributed by atoms with Crippen LogP contribution in [0.25, 0.3) is 0 Å². The van der Waals surface area contributed by atoms with Gasteiger partial charge in [0.1, 0.15) is 5.82 Å². The monoisotopic (exact) mass is 259 g/mol. The highest BCUT2D eigenvalue weighted by molar-refractivity contribution is 5.93. The Labute approximate surface area is 111 Å². The van der Waals surface area contributed by atoms with Crippen LogP contribution in [-0.4, -0.2) is 20.7 Å². The van der Waals surface area contributed by atoms with Gasteiger partial charge in [0.25, 0.3) is 5.91 Å². The van der Waals surface area contributed by atoms with Gasteiger partial charge < -0.3 is 11.1 Å². The molecule has 3 N–H and O–H groups in total. The maximum atomic E-state index is 11.9. The Bertz CT molecular complexity index is 600. The molecule has 2 aromatic rings. The van der Waals surface area contributed by atoms with E-state index in [1.165, 1.54) is 6.20 Å². The smallest absolute Gasteiger partial charge is 0.253 e. The van der Waals surface area contributed by atoms with E-state index in [-0.39, 0.29) is 5.91 Å². The van der Waals surface area contributed by atoms with E-state index in [1.807, 2.05) is 25.6 Å². The van der Waals surface area contributed by atoms with Crippen molar-refractivity contribution < 1.29 is 4.79 Å². The third-order valence-electron chi connectivity index (χ3n) is 3.13. The van der Waals surface area contributed by atoms with Crippen molar-refractivity contribution in [3.63, 3.8) is 0 Å². The Hall–Kier alpha value is -2.37. The topological polar surface area (TPSA) is 85.8 Å². The van der Waals surface area contributed by atoms with Gasteiger partial charge in [-0.05, 0) is 26.0 Å². The molecule has 1 amide bonds. The number of aryl methyl sites for hydroxylation is 2. The SMILES string of the molecule is Cc1nn(C)c(C)c1CNC(=O)c1ccc(N)nc1. The number of pyridine rings is 1. The summed E-state index contributed by atoms with van der Waals surface area (Å²) in [4.78, 5) is 15.8. The van der Waals surface area contributed by atoms with Gasteiger partial charge in [0.2, 0.25) is 0 Å². The standard InChI is InChI=1S/C13H17N5O/c1-8-11(9(2)18(3)17-8)7-16-13(19)10-4-5-12(14)15-6-10/h4-6H,7H2,1-3H3,(H2,14,15)(H,16,19). The molecule has 0 spiro atoms. The Balaban J connectivity index is 2.06. The van der Waals surface area contributed by atoms with Crippen LogP contribution in [0.3, 0.4) is 0 Å². The molecule has 0 aliphatic carbocycles. The van der Waals surface area contributed by atoms with E-state index >= 15 is 0 Å². The van der Waals surface area contributed by atoms with Gasteiger partial charge in [-0.1, -0.05) is 0 Å². The van der Waals surface area contributed by atoms with Gasteiger partial charge in [0.05, 0.1) is 11.3 Å². The Kier molecular flexibility index (Phi) is 3.50. The van der Waals surface area contributed by atoms with Gasteiger partial charge in [-0.3, -0.25) is 9.48 Å². The summed E-state index contributed by atoms with van der Waals surface area (Å²) in [6, 6.07) is 3.26. The predicted molar refractivity (Wildman–Crippen MR) is 72.5 cm³/mol. The highest BCUT2D eigenvalue weighted by atomic mass is 16.1. The zero-order chi connectivity index (χ0) is 14.0. The number of carbonyl (C=O) groups excluding carboxylic acids is 1. The van der Waals surface area contributed by atoms with Gasteiger partial charge in [-0.2, -0.15) is 5.10 Å². The van der Waals surface area contributed by atoms with Crippen molar-refractivity contribution >= 4 is 11.7 Å². The number of rotatable bonds is 3. The molecule has 0 aliphatic rings. The fourth-order valence-corrected chi connectivity index (χ4v) is 1.88. The summed E-state index contributed by atoms with van der Waals surface area (Å²) in [6.45, 7) is 4.36. The van der Waals surface area contributed by atoms with Crippen LogP contribution >= 0.6 is 0 Å². The van der Waals surface area contributed by atoms with E-state index < -0.39 is 0 Å². The molecule has 6 nitrogen and oxygen atoms in total. The van der Waals surface area contributed by atoms with Crippen LogP contribution in [0.4, 0.5) is 5.82 Å². The number of nitrogens with two attached hydrogens (primary N) is 1. The molecular weight excluding hydrogens is 242 g/mol. The summed E-state index contributed by atoms with van der Waals surface area (Å²) in [6.07, 6.45) is 1.47. The molecule has 2 heterocycles. The molecule has 0 atom stereocenters. The fourth-order valence-electron chi connectivity index (χ4n) is 1.88. The third kappa shape index (κ3) is 2.73. The summed E-state index contributed by atoms with van der Waals surface area (Å²) in [5, 5.41) is 7.17. The summed E-state index contributed by atoms with van der Waals surface area (Å²) in [5.74, 6) is 0.227. The maximum absolute atomic E-state index is 11.9. The van der Waals surface area contributed by atoms with Crippen LogP contribution in [0.5, 0.6) is 0 Å². The minimum atomic E-state index is -0.171. The first-order valence-electron chi connectivity index (χ1n) is 5.98. The van der Waals surface area contributed by atoms with Gasteiger partial charge in [-0.25, -0.2) is 4.98 Å². The normalized spacial score (nSPS) is 10.5. The van der Waals surface area contributed by atoms with Crippen LogP contribution in [0.1, 0.15) is 27.3 Å². The second kappa shape index (κ2) is 5.09. The maximum Gasteiger partial charge on any atom is 0.253 e. The van der Waals surface area contributed by atoms with Gasteiger partial charge in [0, 0.05) is 31.0 Å². The first-order chi connectivity index (χ1) is 8.99. The molecule has 0 saturated carbocycles. The number of aromatic nitrogens is 3. The molecular formula is C13H17N5O. The van der Waals surface area contributed by atoms with Crippen molar-refractivity contribution in [3.8, 4) is 0 Å². The van der Waals surface area contributed by atoms with E-state index in [0.717, 1.165) is 17.0 Å². The lowest BCUT2D eigenvalue weighted by atomic mass is 10.2. The summed E-state index contributed by atoms with van der Waals surface area (Å²) >= 11 is 0. The quantitative estimate of drug-likeness (QED) is 0.859. The van der Waals surface area contributed by atoms with Crippen molar-refractivity contribution in [2.24, 2.45) is 7.05 Å². The number of anilines is 1. The number of nitrogen functional groups attached to an aromatic ring is 1.